The van der Waals surface area contributed by atoms with E-state index in [2.05, 4.69) is 25.9 Å². The minimum Gasteiger partial charge on any atom is -0.326 e. The first kappa shape index (κ1) is 18.1. The molecule has 2 aromatic carbocycles. The molecule has 0 fully saturated rings. The lowest BCUT2D eigenvalue weighted by molar-refractivity contribution is -0.114. The Bertz CT molecular complexity index is 953. The number of carbonyl (C=O) groups excluding carboxylic acids is 2. The van der Waals surface area contributed by atoms with Crippen molar-refractivity contribution >= 4 is 34.8 Å². The predicted octanol–water partition coefficient (Wildman–Crippen LogP) is 3.74. The van der Waals surface area contributed by atoms with Crippen LogP contribution in [-0.4, -0.2) is 21.8 Å². The fourth-order valence-electron chi connectivity index (χ4n) is 2.35. The van der Waals surface area contributed by atoms with E-state index >= 15 is 0 Å². The minimum atomic E-state index is -0.350. The van der Waals surface area contributed by atoms with Crippen LogP contribution in [0.3, 0.4) is 0 Å². The molecule has 27 heavy (non-hydrogen) atoms. The van der Waals surface area contributed by atoms with E-state index in [0.29, 0.717) is 17.3 Å². The highest BCUT2D eigenvalue weighted by atomic mass is 16.2. The van der Waals surface area contributed by atoms with Crippen LogP contribution >= 0.6 is 0 Å². The topological polar surface area (TPSA) is 96.0 Å². The lowest BCUT2D eigenvalue weighted by Crippen LogP contribution is -2.15. The Kier molecular flexibility index (Phi) is 5.41. The molecule has 1 aromatic heterocycles. The second-order valence-electron chi connectivity index (χ2n) is 5.97. The monoisotopic (exact) mass is 361 g/mol. The molecule has 0 radical (unpaired) electrons. The van der Waals surface area contributed by atoms with Gasteiger partial charge in [-0.25, -0.2) is 9.97 Å². The highest BCUT2D eigenvalue weighted by Gasteiger charge is 2.10. The van der Waals surface area contributed by atoms with Crippen molar-refractivity contribution in [1.29, 1.82) is 0 Å². The van der Waals surface area contributed by atoms with E-state index in [0.717, 1.165) is 11.3 Å². The van der Waals surface area contributed by atoms with E-state index < -0.39 is 0 Å². The molecule has 0 spiro atoms. The molecule has 3 aromatic rings. The SMILES string of the molecule is CC(=O)Nc1ccc(NC(=O)c2ccnc(Nc3ccc(C)cc3)n2)cc1. The van der Waals surface area contributed by atoms with E-state index in [1.807, 2.05) is 31.2 Å². The number of nitrogens with zero attached hydrogens (tertiary/aromatic N) is 2. The molecule has 0 aliphatic heterocycles. The van der Waals surface area contributed by atoms with Crippen LogP contribution < -0.4 is 16.0 Å². The summed E-state index contributed by atoms with van der Waals surface area (Å²) in [7, 11) is 0. The molecule has 3 N–H and O–H groups in total. The van der Waals surface area contributed by atoms with E-state index in [9.17, 15) is 9.59 Å². The van der Waals surface area contributed by atoms with Crippen LogP contribution in [0, 0.1) is 6.92 Å². The van der Waals surface area contributed by atoms with Gasteiger partial charge in [-0.15, -0.1) is 0 Å². The molecular formula is C20H19N5O2. The lowest BCUT2D eigenvalue weighted by Gasteiger charge is -2.08. The van der Waals surface area contributed by atoms with Gasteiger partial charge >= 0.3 is 0 Å². The van der Waals surface area contributed by atoms with Crippen LogP contribution in [0.4, 0.5) is 23.0 Å². The lowest BCUT2D eigenvalue weighted by atomic mass is 10.2. The van der Waals surface area contributed by atoms with Crippen molar-refractivity contribution < 1.29 is 9.59 Å². The highest BCUT2D eigenvalue weighted by molar-refractivity contribution is 6.03. The molecule has 0 aliphatic carbocycles. The highest BCUT2D eigenvalue weighted by Crippen LogP contribution is 2.16. The molecule has 0 unspecified atom stereocenters. The Balaban J connectivity index is 1.67. The number of hydrogen-bond acceptors (Lipinski definition) is 5. The smallest absolute Gasteiger partial charge is 0.274 e. The number of carbonyl (C=O) groups is 2. The van der Waals surface area contributed by atoms with Gasteiger partial charge in [0.15, 0.2) is 0 Å². The molecule has 0 saturated carbocycles. The van der Waals surface area contributed by atoms with Gasteiger partial charge in [0.2, 0.25) is 11.9 Å². The summed E-state index contributed by atoms with van der Waals surface area (Å²) in [6.07, 6.45) is 1.53. The molecule has 136 valence electrons. The normalized spacial score (nSPS) is 10.1. The third-order valence-corrected chi connectivity index (χ3v) is 3.66. The zero-order chi connectivity index (χ0) is 19.2. The van der Waals surface area contributed by atoms with Gasteiger partial charge in [-0.05, 0) is 49.4 Å². The van der Waals surface area contributed by atoms with Crippen LogP contribution in [0.5, 0.6) is 0 Å². The van der Waals surface area contributed by atoms with Crippen LogP contribution in [0.2, 0.25) is 0 Å². The van der Waals surface area contributed by atoms with Crippen molar-refractivity contribution in [3.63, 3.8) is 0 Å². The van der Waals surface area contributed by atoms with Crippen LogP contribution in [0.25, 0.3) is 0 Å². The number of anilines is 4. The molecule has 7 heteroatoms. The van der Waals surface area contributed by atoms with Crippen molar-refractivity contribution in [3.8, 4) is 0 Å². The maximum Gasteiger partial charge on any atom is 0.274 e. The Hall–Kier alpha value is -3.74. The third-order valence-electron chi connectivity index (χ3n) is 3.66. The van der Waals surface area contributed by atoms with Crippen molar-refractivity contribution in [3.05, 3.63) is 72.1 Å². The van der Waals surface area contributed by atoms with E-state index in [1.54, 1.807) is 30.3 Å². The zero-order valence-electron chi connectivity index (χ0n) is 15.0. The number of aromatic nitrogens is 2. The molecule has 0 bridgehead atoms. The quantitative estimate of drug-likeness (QED) is 0.643. The number of benzene rings is 2. The maximum atomic E-state index is 12.4. The first-order valence-corrected chi connectivity index (χ1v) is 8.35. The number of rotatable bonds is 5. The fourth-order valence-corrected chi connectivity index (χ4v) is 2.35. The largest absolute Gasteiger partial charge is 0.326 e. The van der Waals surface area contributed by atoms with Gasteiger partial charge in [0.25, 0.3) is 5.91 Å². The van der Waals surface area contributed by atoms with Crippen LogP contribution in [0.15, 0.2) is 60.8 Å². The van der Waals surface area contributed by atoms with Crippen molar-refractivity contribution in [2.24, 2.45) is 0 Å². The summed E-state index contributed by atoms with van der Waals surface area (Å²) in [5.74, 6) is -0.162. The number of amides is 2. The molecule has 0 atom stereocenters. The average Bonchev–Trinajstić information content (AvgIpc) is 2.65. The first-order valence-electron chi connectivity index (χ1n) is 8.35. The predicted molar refractivity (Wildman–Crippen MR) is 105 cm³/mol. The summed E-state index contributed by atoms with van der Waals surface area (Å²) in [6, 6.07) is 16.2. The van der Waals surface area contributed by atoms with Gasteiger partial charge < -0.3 is 16.0 Å². The van der Waals surface area contributed by atoms with Crippen LogP contribution in [0.1, 0.15) is 23.0 Å². The van der Waals surface area contributed by atoms with E-state index in [1.165, 1.54) is 13.1 Å². The summed E-state index contributed by atoms with van der Waals surface area (Å²) in [6.45, 7) is 3.45. The van der Waals surface area contributed by atoms with Crippen LogP contribution in [-0.2, 0) is 4.79 Å². The van der Waals surface area contributed by atoms with Gasteiger partial charge in [0, 0.05) is 30.2 Å². The summed E-state index contributed by atoms with van der Waals surface area (Å²) in [5.41, 5.74) is 3.49. The zero-order valence-corrected chi connectivity index (χ0v) is 15.0. The summed E-state index contributed by atoms with van der Waals surface area (Å²) in [4.78, 5) is 31.9. The maximum absolute atomic E-state index is 12.4. The number of hydrogen-bond donors (Lipinski definition) is 3. The molecular weight excluding hydrogens is 342 g/mol. The second-order valence-corrected chi connectivity index (χ2v) is 5.97. The van der Waals surface area contributed by atoms with Gasteiger partial charge in [-0.2, -0.15) is 0 Å². The Morgan fingerprint density at radius 3 is 2.04 bits per heavy atom. The Morgan fingerprint density at radius 2 is 1.41 bits per heavy atom. The standard InChI is InChI=1S/C20H19N5O2/c1-13-3-5-17(6-4-13)24-20-21-12-11-18(25-20)19(27)23-16-9-7-15(8-10-16)22-14(2)26/h3-12H,1-2H3,(H,22,26)(H,23,27)(H,21,24,25). The van der Waals surface area contributed by atoms with Gasteiger partial charge in [0.1, 0.15) is 5.69 Å². The molecule has 2 amide bonds. The molecule has 0 saturated heterocycles. The van der Waals surface area contributed by atoms with Crippen molar-refractivity contribution in [2.45, 2.75) is 13.8 Å². The van der Waals surface area contributed by atoms with Gasteiger partial charge in [-0.3, -0.25) is 9.59 Å². The number of aryl methyl sites for hydroxylation is 1. The van der Waals surface area contributed by atoms with Gasteiger partial charge in [0.05, 0.1) is 0 Å². The van der Waals surface area contributed by atoms with E-state index in [-0.39, 0.29) is 17.5 Å². The molecule has 1 heterocycles. The van der Waals surface area contributed by atoms with Gasteiger partial charge in [-0.1, -0.05) is 17.7 Å². The van der Waals surface area contributed by atoms with E-state index in [4.69, 9.17) is 0 Å². The number of nitrogens with one attached hydrogen (secondary N) is 3. The van der Waals surface area contributed by atoms with Crippen molar-refractivity contribution in [2.75, 3.05) is 16.0 Å². The van der Waals surface area contributed by atoms with Crippen molar-refractivity contribution in [1.82, 2.24) is 9.97 Å². The second kappa shape index (κ2) is 8.09. The Labute approximate surface area is 156 Å². The minimum absolute atomic E-state index is 0.152. The third kappa shape index (κ3) is 5.12. The Morgan fingerprint density at radius 1 is 0.815 bits per heavy atom. The molecule has 3 rings (SSSR count). The average molecular weight is 361 g/mol. The fraction of sp³-hybridized carbons (Fsp3) is 0.100. The molecule has 7 nitrogen and oxygen atoms in total. The summed E-state index contributed by atoms with van der Waals surface area (Å²) >= 11 is 0. The molecule has 0 aliphatic rings. The summed E-state index contributed by atoms with van der Waals surface area (Å²) in [5, 5.41) is 8.51. The first-order chi connectivity index (χ1) is 13.0. The summed E-state index contributed by atoms with van der Waals surface area (Å²) < 4.78 is 0.